The van der Waals surface area contributed by atoms with E-state index in [1.54, 1.807) is 80.5 Å². The van der Waals surface area contributed by atoms with Crippen LogP contribution >= 0.6 is 23.2 Å². The molecule has 3 amide bonds. The van der Waals surface area contributed by atoms with Crippen molar-refractivity contribution in [1.82, 2.24) is 15.3 Å². The van der Waals surface area contributed by atoms with Gasteiger partial charge in [0.25, 0.3) is 0 Å². The first-order valence-electron chi connectivity index (χ1n) is 19.5. The predicted molar refractivity (Wildman–Crippen MR) is 225 cm³/mol. The summed E-state index contributed by atoms with van der Waals surface area (Å²) in [7, 11) is 0. The summed E-state index contributed by atoms with van der Waals surface area (Å²) in [5.74, 6) is -0.891. The Morgan fingerprint density at radius 2 is 1.29 bits per heavy atom. The molecule has 1 fully saturated rings. The van der Waals surface area contributed by atoms with Crippen LogP contribution < -0.4 is 15.1 Å². The molecular weight excluding hydrogens is 785 g/mol. The zero-order valence-corrected chi connectivity index (χ0v) is 37.0. The summed E-state index contributed by atoms with van der Waals surface area (Å²) >= 11 is 13.3. The fourth-order valence-electron chi connectivity index (χ4n) is 5.88. The van der Waals surface area contributed by atoms with Gasteiger partial charge in [0.2, 0.25) is 0 Å². The van der Waals surface area contributed by atoms with Crippen molar-refractivity contribution in [2.24, 2.45) is 0 Å². The predicted octanol–water partition coefficient (Wildman–Crippen LogP) is 10.5. The summed E-state index contributed by atoms with van der Waals surface area (Å²) < 4.78 is 22.9. The summed E-state index contributed by atoms with van der Waals surface area (Å²) in [5, 5.41) is 3.82. The summed E-state index contributed by atoms with van der Waals surface area (Å²) in [6.07, 6.45) is 2.70. The Morgan fingerprint density at radius 1 is 0.759 bits per heavy atom. The van der Waals surface area contributed by atoms with E-state index < -0.39 is 40.6 Å². The summed E-state index contributed by atoms with van der Waals surface area (Å²) in [4.78, 5) is 66.3. The number of rotatable bonds is 11. The molecule has 0 saturated heterocycles. The normalized spacial score (nSPS) is 13.8. The number of hydrogen-bond acceptors (Lipinski definition) is 11. The third-order valence-electron chi connectivity index (χ3n) is 8.64. The molecule has 58 heavy (non-hydrogen) atoms. The molecule has 13 nitrogen and oxygen atoms in total. The Bertz CT molecular complexity index is 1910. The van der Waals surface area contributed by atoms with E-state index in [-0.39, 0.29) is 40.3 Å². The smallest absolute Gasteiger partial charge is 0.425 e. The highest BCUT2D eigenvalue weighted by Crippen LogP contribution is 2.36. The summed E-state index contributed by atoms with van der Waals surface area (Å²) in [6.45, 7) is 18.8. The number of ether oxygens (including phenoxy) is 4. The van der Waals surface area contributed by atoms with Crippen molar-refractivity contribution in [2.45, 2.75) is 143 Å². The van der Waals surface area contributed by atoms with Crippen LogP contribution in [0.3, 0.4) is 0 Å². The minimum absolute atomic E-state index is 0.0316. The van der Waals surface area contributed by atoms with Crippen LogP contribution in [0.4, 0.5) is 26.0 Å². The molecule has 0 radical (unpaired) electrons. The Kier molecular flexibility index (Phi) is 14.9. The maximum Gasteiger partial charge on any atom is 0.425 e. The number of halogens is 2. The third-order valence-corrected chi connectivity index (χ3v) is 9.34. The van der Waals surface area contributed by atoms with Crippen molar-refractivity contribution in [1.29, 1.82) is 0 Å². The molecule has 1 aliphatic rings. The lowest BCUT2D eigenvalue weighted by Crippen LogP contribution is -2.49. The molecule has 1 saturated carbocycles. The van der Waals surface area contributed by atoms with Gasteiger partial charge in [-0.05, 0) is 132 Å². The molecule has 0 bridgehead atoms. The van der Waals surface area contributed by atoms with E-state index in [2.05, 4.69) is 10.3 Å². The van der Waals surface area contributed by atoms with Crippen LogP contribution in [0.25, 0.3) is 11.3 Å². The van der Waals surface area contributed by atoms with Crippen LogP contribution in [0.5, 0.6) is 0 Å². The molecule has 4 rings (SSSR count). The van der Waals surface area contributed by atoms with Crippen LogP contribution in [-0.4, -0.2) is 69.2 Å². The minimum Gasteiger partial charge on any atom is -0.461 e. The molecule has 1 aliphatic carbocycles. The largest absolute Gasteiger partial charge is 0.461 e. The average Bonchev–Trinajstić information content (AvgIpc) is 3.59. The van der Waals surface area contributed by atoms with E-state index in [0.29, 0.717) is 34.7 Å². The summed E-state index contributed by atoms with van der Waals surface area (Å²) in [6, 6.07) is 12.4. The van der Waals surface area contributed by atoms with E-state index >= 15 is 0 Å². The number of benzene rings is 2. The van der Waals surface area contributed by atoms with Gasteiger partial charge in [0.05, 0.1) is 18.4 Å². The van der Waals surface area contributed by atoms with Crippen LogP contribution in [0.1, 0.15) is 113 Å². The Hall–Kier alpha value is -4.46. The van der Waals surface area contributed by atoms with E-state index in [1.807, 2.05) is 38.1 Å². The molecule has 1 N–H and O–H groups in total. The van der Waals surface area contributed by atoms with Gasteiger partial charge in [-0.3, -0.25) is 9.69 Å². The number of aromatic nitrogens is 2. The van der Waals surface area contributed by atoms with E-state index in [1.165, 1.54) is 6.20 Å². The molecule has 2 aromatic carbocycles. The van der Waals surface area contributed by atoms with E-state index in [0.717, 1.165) is 36.1 Å². The maximum atomic E-state index is 14.3. The molecule has 0 unspecified atom stereocenters. The number of imide groups is 1. The zero-order chi connectivity index (χ0) is 43.2. The SMILES string of the molecule is CC(C)(C)OC(=O)N(Cc1c(Cl)cccc1Cl)c1nc(-c2cccc(CCNC(C)(C)C(=O)OC3CCCC3)c2)cnc1N(C(=O)OC(C)(C)C)C(=O)OC(C)(C)C. The third kappa shape index (κ3) is 13.3. The molecule has 0 spiro atoms. The van der Waals surface area contributed by atoms with Crippen LogP contribution in [0.15, 0.2) is 48.7 Å². The van der Waals surface area contributed by atoms with Gasteiger partial charge in [0.15, 0.2) is 11.6 Å². The Morgan fingerprint density at radius 3 is 1.84 bits per heavy atom. The van der Waals surface area contributed by atoms with Crippen molar-refractivity contribution >= 4 is 59.1 Å². The second-order valence-corrected chi connectivity index (χ2v) is 18.6. The number of esters is 1. The molecule has 1 heterocycles. The molecule has 0 aliphatic heterocycles. The maximum absolute atomic E-state index is 14.3. The number of nitrogens with one attached hydrogen (secondary N) is 1. The fourth-order valence-corrected chi connectivity index (χ4v) is 6.40. The summed E-state index contributed by atoms with van der Waals surface area (Å²) in [5.41, 5.74) is -1.79. The second-order valence-electron chi connectivity index (χ2n) is 17.8. The van der Waals surface area contributed by atoms with Gasteiger partial charge >= 0.3 is 24.2 Å². The lowest BCUT2D eigenvalue weighted by molar-refractivity contribution is -0.155. The lowest BCUT2D eigenvalue weighted by Gasteiger charge is -2.32. The van der Waals surface area contributed by atoms with Crippen molar-refractivity contribution in [3.05, 3.63) is 69.8 Å². The number of carbonyl (C=O) groups excluding carboxylic acids is 4. The molecule has 3 aromatic rings. The van der Waals surface area contributed by atoms with Gasteiger partial charge in [-0.1, -0.05) is 47.5 Å². The zero-order valence-electron chi connectivity index (χ0n) is 35.5. The number of amides is 3. The van der Waals surface area contributed by atoms with Gasteiger partial charge in [-0.15, -0.1) is 0 Å². The van der Waals surface area contributed by atoms with Gasteiger partial charge in [-0.2, -0.15) is 4.90 Å². The first-order valence-corrected chi connectivity index (χ1v) is 20.2. The van der Waals surface area contributed by atoms with Gasteiger partial charge in [0.1, 0.15) is 28.4 Å². The molecule has 0 atom stereocenters. The van der Waals surface area contributed by atoms with Crippen molar-refractivity contribution in [3.63, 3.8) is 0 Å². The van der Waals surface area contributed by atoms with Crippen molar-refractivity contribution in [3.8, 4) is 11.3 Å². The van der Waals surface area contributed by atoms with Gasteiger partial charge in [-0.25, -0.2) is 24.4 Å². The molecule has 316 valence electrons. The quantitative estimate of drug-likeness (QED) is 0.145. The average molecular weight is 843 g/mol. The van der Waals surface area contributed by atoms with Crippen LogP contribution in [0.2, 0.25) is 10.0 Å². The monoisotopic (exact) mass is 841 g/mol. The number of hydrogen-bond donors (Lipinski definition) is 1. The first-order chi connectivity index (χ1) is 26.8. The first kappa shape index (κ1) is 46.2. The van der Waals surface area contributed by atoms with Crippen LogP contribution in [-0.2, 0) is 36.7 Å². The van der Waals surface area contributed by atoms with E-state index in [4.69, 9.17) is 47.1 Å². The van der Waals surface area contributed by atoms with Crippen LogP contribution in [0, 0.1) is 0 Å². The van der Waals surface area contributed by atoms with Gasteiger partial charge in [0, 0.05) is 27.7 Å². The lowest BCUT2D eigenvalue weighted by atomic mass is 10.0. The topological polar surface area (TPSA) is 149 Å². The highest BCUT2D eigenvalue weighted by atomic mass is 35.5. The minimum atomic E-state index is -1.12. The molecule has 15 heteroatoms. The standard InChI is InChI=1S/C43H57Cl2N5O8/c1-40(2,3)56-37(52)49(26-30-31(44)20-15-21-32(30)45)35-34(50(38(53)57-41(4,5)6)39(54)58-42(7,8)9)46-25-33(48-35)28-17-14-16-27(24-28)22-23-47-43(10,11)36(51)55-29-18-12-13-19-29/h14-17,20-21,24-25,29,47H,12-13,18-19,22-23,26H2,1-11H3. The Balaban J connectivity index is 1.83. The number of anilines is 2. The molecular formula is C43H57Cl2N5O8. The second kappa shape index (κ2) is 18.6. The highest BCUT2D eigenvalue weighted by molar-refractivity contribution is 6.36. The van der Waals surface area contributed by atoms with Gasteiger partial charge < -0.3 is 24.3 Å². The fraction of sp³-hybridized carbons (Fsp3) is 0.535. The van der Waals surface area contributed by atoms with E-state index in [9.17, 15) is 19.2 Å². The van der Waals surface area contributed by atoms with Crippen molar-refractivity contribution in [2.75, 3.05) is 16.3 Å². The number of carbonyl (C=O) groups is 4. The Labute approximate surface area is 352 Å². The molecule has 1 aromatic heterocycles. The van der Waals surface area contributed by atoms with Crippen molar-refractivity contribution < 1.29 is 38.1 Å². The highest BCUT2D eigenvalue weighted by Gasteiger charge is 2.39. The number of nitrogens with zero attached hydrogens (tertiary/aromatic N) is 4.